The lowest BCUT2D eigenvalue weighted by molar-refractivity contribution is -0.128. The van der Waals surface area contributed by atoms with Crippen molar-refractivity contribution < 1.29 is 19.2 Å². The second kappa shape index (κ2) is 11.8. The molecule has 0 aliphatic rings. The highest BCUT2D eigenvalue weighted by molar-refractivity contribution is 6.57. The average molecular weight is 448 g/mol. The van der Waals surface area contributed by atoms with Crippen molar-refractivity contribution in [2.24, 2.45) is 11.7 Å². The molecule has 4 N–H and O–H groups in total. The SMILES string of the molecule is [B]C(=O)N[C@@H](CC(C)C)C(=O)N[C@@H](C)C(=O)N(Cc1ccccc1)c1ccc(C(N)=O)cc1. The van der Waals surface area contributed by atoms with Gasteiger partial charge >= 0.3 is 0 Å². The van der Waals surface area contributed by atoms with Crippen LogP contribution in [0.2, 0.25) is 0 Å². The fourth-order valence-electron chi connectivity index (χ4n) is 3.35. The van der Waals surface area contributed by atoms with E-state index in [-0.39, 0.29) is 18.4 Å². The Morgan fingerprint density at radius 3 is 2.06 bits per heavy atom. The van der Waals surface area contributed by atoms with Gasteiger partial charge in [0.1, 0.15) is 12.1 Å². The molecule has 0 saturated carbocycles. The van der Waals surface area contributed by atoms with E-state index >= 15 is 0 Å². The van der Waals surface area contributed by atoms with Crippen LogP contribution in [-0.2, 0) is 16.1 Å². The van der Waals surface area contributed by atoms with Crippen molar-refractivity contribution in [2.75, 3.05) is 4.90 Å². The lowest BCUT2D eigenvalue weighted by Gasteiger charge is -2.28. The molecular formula is C24H29BN4O4. The molecule has 0 fully saturated rings. The first-order valence-electron chi connectivity index (χ1n) is 10.7. The summed E-state index contributed by atoms with van der Waals surface area (Å²) >= 11 is 0. The molecule has 4 amide bonds. The molecule has 172 valence electrons. The zero-order valence-electron chi connectivity index (χ0n) is 19.1. The maximum Gasteiger partial charge on any atom is 0.249 e. The number of rotatable bonds is 10. The third-order valence-corrected chi connectivity index (χ3v) is 4.98. The van der Waals surface area contributed by atoms with E-state index in [1.54, 1.807) is 31.2 Å². The molecule has 9 heteroatoms. The van der Waals surface area contributed by atoms with Crippen molar-refractivity contribution >= 4 is 37.1 Å². The Morgan fingerprint density at radius 2 is 1.55 bits per heavy atom. The van der Waals surface area contributed by atoms with Gasteiger partial charge in [0.05, 0.1) is 6.54 Å². The van der Waals surface area contributed by atoms with Crippen molar-refractivity contribution in [3.63, 3.8) is 0 Å². The van der Waals surface area contributed by atoms with E-state index in [1.165, 1.54) is 4.90 Å². The fraction of sp³-hybridized carbons (Fsp3) is 0.333. The number of carbonyl (C=O) groups excluding carboxylic acids is 4. The molecule has 0 aromatic heterocycles. The van der Waals surface area contributed by atoms with Gasteiger partial charge in [-0.25, -0.2) is 0 Å². The largest absolute Gasteiger partial charge is 0.366 e. The van der Waals surface area contributed by atoms with Crippen LogP contribution in [0, 0.1) is 5.92 Å². The third-order valence-electron chi connectivity index (χ3n) is 4.98. The van der Waals surface area contributed by atoms with E-state index in [1.807, 2.05) is 44.2 Å². The van der Waals surface area contributed by atoms with E-state index in [2.05, 4.69) is 10.6 Å². The summed E-state index contributed by atoms with van der Waals surface area (Å²) in [6, 6.07) is 14.0. The Hall–Kier alpha value is -3.62. The summed E-state index contributed by atoms with van der Waals surface area (Å²) in [4.78, 5) is 50.4. The van der Waals surface area contributed by atoms with Crippen LogP contribution < -0.4 is 21.3 Å². The molecule has 0 bridgehead atoms. The number of anilines is 1. The van der Waals surface area contributed by atoms with E-state index in [0.29, 0.717) is 17.7 Å². The molecule has 2 atom stereocenters. The highest BCUT2D eigenvalue weighted by Gasteiger charge is 2.27. The highest BCUT2D eigenvalue weighted by atomic mass is 16.2. The molecule has 0 aliphatic carbocycles. The quantitative estimate of drug-likeness (QED) is 0.482. The van der Waals surface area contributed by atoms with E-state index in [9.17, 15) is 19.2 Å². The van der Waals surface area contributed by atoms with Gasteiger partial charge < -0.3 is 21.3 Å². The maximum absolute atomic E-state index is 13.4. The van der Waals surface area contributed by atoms with Gasteiger partial charge in [0.25, 0.3) is 0 Å². The van der Waals surface area contributed by atoms with Gasteiger partial charge in [-0.1, -0.05) is 44.2 Å². The van der Waals surface area contributed by atoms with Crippen molar-refractivity contribution in [3.05, 3.63) is 65.7 Å². The zero-order chi connectivity index (χ0) is 24.5. The molecule has 0 heterocycles. The summed E-state index contributed by atoms with van der Waals surface area (Å²) in [6.45, 7) is 5.65. The van der Waals surface area contributed by atoms with Crippen LogP contribution >= 0.6 is 0 Å². The van der Waals surface area contributed by atoms with Gasteiger partial charge in [0.2, 0.25) is 25.6 Å². The normalized spacial score (nSPS) is 12.5. The second-order valence-electron chi connectivity index (χ2n) is 8.24. The Bertz CT molecular complexity index is 980. The molecule has 0 unspecified atom stereocenters. The number of carbonyl (C=O) groups is 4. The zero-order valence-corrected chi connectivity index (χ0v) is 19.1. The van der Waals surface area contributed by atoms with Crippen molar-refractivity contribution in [1.82, 2.24) is 10.6 Å². The molecule has 0 aliphatic heterocycles. The predicted molar refractivity (Wildman–Crippen MR) is 128 cm³/mol. The first-order valence-corrected chi connectivity index (χ1v) is 10.7. The van der Waals surface area contributed by atoms with Crippen LogP contribution in [0.15, 0.2) is 54.6 Å². The minimum absolute atomic E-state index is 0.122. The minimum Gasteiger partial charge on any atom is -0.366 e. The topological polar surface area (TPSA) is 122 Å². The fourth-order valence-corrected chi connectivity index (χ4v) is 3.35. The number of benzene rings is 2. The standard InChI is InChI=1S/C24H29BN4O4/c1-15(2)13-20(28-24(25)33)22(31)27-16(3)23(32)29(14-17-7-5-4-6-8-17)19-11-9-18(10-12-19)21(26)30/h4-12,15-16,20H,13-14H2,1-3H3,(H2,26,30)(H,27,31)(H,28,33)/t16-,20-/m0/s1. The number of nitrogens with one attached hydrogen (secondary N) is 2. The summed E-state index contributed by atoms with van der Waals surface area (Å²) < 4.78 is 0. The Morgan fingerprint density at radius 1 is 0.939 bits per heavy atom. The number of primary amides is 1. The van der Waals surface area contributed by atoms with Crippen LogP contribution in [-0.4, -0.2) is 43.5 Å². The average Bonchev–Trinajstić information content (AvgIpc) is 2.76. The summed E-state index contributed by atoms with van der Waals surface area (Å²) in [7, 11) is 5.20. The Labute approximate surface area is 195 Å². The summed E-state index contributed by atoms with van der Waals surface area (Å²) in [5.41, 5.74) is 7.07. The van der Waals surface area contributed by atoms with Crippen LogP contribution in [0.1, 0.15) is 43.1 Å². The molecule has 2 aromatic rings. The van der Waals surface area contributed by atoms with Crippen LogP contribution in [0.25, 0.3) is 0 Å². The predicted octanol–water partition coefficient (Wildman–Crippen LogP) is 2.12. The second-order valence-corrected chi connectivity index (χ2v) is 8.24. The van der Waals surface area contributed by atoms with E-state index < -0.39 is 29.7 Å². The first kappa shape index (κ1) is 25.6. The van der Waals surface area contributed by atoms with Gasteiger partial charge in [-0.05, 0) is 49.1 Å². The summed E-state index contributed by atoms with van der Waals surface area (Å²) in [6.07, 6.45) is 0.373. The molecular weight excluding hydrogens is 419 g/mol. The number of nitrogens with zero attached hydrogens (tertiary/aromatic N) is 1. The molecule has 2 rings (SSSR count). The van der Waals surface area contributed by atoms with Gasteiger partial charge in [-0.15, -0.1) is 0 Å². The van der Waals surface area contributed by atoms with Gasteiger partial charge in [0.15, 0.2) is 5.81 Å². The van der Waals surface area contributed by atoms with E-state index in [4.69, 9.17) is 13.6 Å². The number of hydrogen-bond donors (Lipinski definition) is 3. The molecule has 33 heavy (non-hydrogen) atoms. The van der Waals surface area contributed by atoms with Crippen LogP contribution in [0.3, 0.4) is 0 Å². The number of amides is 4. The molecule has 2 aromatic carbocycles. The molecule has 8 nitrogen and oxygen atoms in total. The number of hydrogen-bond acceptors (Lipinski definition) is 4. The first-order chi connectivity index (χ1) is 15.6. The van der Waals surface area contributed by atoms with Crippen LogP contribution in [0.5, 0.6) is 0 Å². The Kier molecular flexibility index (Phi) is 9.21. The summed E-state index contributed by atoms with van der Waals surface area (Å²) in [5.74, 6) is -2.11. The van der Waals surface area contributed by atoms with Crippen LogP contribution in [0.4, 0.5) is 10.5 Å². The third kappa shape index (κ3) is 7.78. The molecule has 0 saturated heterocycles. The number of nitrogens with two attached hydrogens (primary N) is 1. The van der Waals surface area contributed by atoms with Gasteiger partial charge in [-0.3, -0.25) is 19.2 Å². The van der Waals surface area contributed by atoms with Gasteiger partial charge in [0, 0.05) is 11.3 Å². The van der Waals surface area contributed by atoms with E-state index in [0.717, 1.165) is 5.56 Å². The Balaban J connectivity index is 2.25. The smallest absolute Gasteiger partial charge is 0.249 e. The maximum atomic E-state index is 13.4. The summed E-state index contributed by atoms with van der Waals surface area (Å²) in [5, 5.41) is 5.11. The monoisotopic (exact) mass is 448 g/mol. The lowest BCUT2D eigenvalue weighted by Crippen LogP contribution is -2.53. The molecule has 2 radical (unpaired) electrons. The lowest BCUT2D eigenvalue weighted by atomic mass is 10.0. The minimum atomic E-state index is -0.888. The highest BCUT2D eigenvalue weighted by Crippen LogP contribution is 2.20. The van der Waals surface area contributed by atoms with Gasteiger partial charge in [-0.2, -0.15) is 0 Å². The van der Waals surface area contributed by atoms with Crippen molar-refractivity contribution in [1.29, 1.82) is 0 Å². The van der Waals surface area contributed by atoms with Crippen molar-refractivity contribution in [3.8, 4) is 0 Å². The van der Waals surface area contributed by atoms with Crippen molar-refractivity contribution in [2.45, 2.75) is 45.8 Å². The molecule has 0 spiro atoms.